The third-order valence-corrected chi connectivity index (χ3v) is 6.07. The van der Waals surface area contributed by atoms with Gasteiger partial charge >= 0.3 is 0 Å². The molecule has 21 heavy (non-hydrogen) atoms. The first kappa shape index (κ1) is 16.9. The van der Waals surface area contributed by atoms with Crippen molar-refractivity contribution in [2.24, 2.45) is 0 Å². The summed E-state index contributed by atoms with van der Waals surface area (Å²) < 4.78 is 29.4. The molecule has 0 aromatic carbocycles. The van der Waals surface area contributed by atoms with Crippen LogP contribution in [0.4, 0.5) is 0 Å². The van der Waals surface area contributed by atoms with Gasteiger partial charge in [-0.1, -0.05) is 13.3 Å². The largest absolute Gasteiger partial charge is 0.315 e. The maximum Gasteiger partial charge on any atom is 0.280 e. The van der Waals surface area contributed by atoms with Gasteiger partial charge < -0.3 is 5.32 Å². The molecule has 0 amide bonds. The molecule has 1 fully saturated rings. The van der Waals surface area contributed by atoms with Crippen molar-refractivity contribution in [2.75, 3.05) is 19.6 Å². The van der Waals surface area contributed by atoms with Gasteiger partial charge in [0.2, 0.25) is 0 Å². The highest BCUT2D eigenvalue weighted by molar-refractivity contribution is 7.87. The summed E-state index contributed by atoms with van der Waals surface area (Å²) in [6.45, 7) is 4.79. The van der Waals surface area contributed by atoms with Crippen molar-refractivity contribution in [2.45, 2.75) is 45.2 Å². The van der Waals surface area contributed by atoms with Crippen molar-refractivity contribution in [3.05, 3.63) is 22.4 Å². The Morgan fingerprint density at radius 2 is 2.29 bits per heavy atom. The summed E-state index contributed by atoms with van der Waals surface area (Å²) in [5, 5.41) is 7.28. The van der Waals surface area contributed by atoms with E-state index in [-0.39, 0.29) is 6.04 Å². The fourth-order valence-electron chi connectivity index (χ4n) is 2.59. The van der Waals surface area contributed by atoms with Crippen LogP contribution >= 0.6 is 11.3 Å². The highest BCUT2D eigenvalue weighted by atomic mass is 32.2. The number of hydrogen-bond acceptors (Lipinski definition) is 4. The molecule has 5 nitrogen and oxygen atoms in total. The van der Waals surface area contributed by atoms with E-state index in [4.69, 9.17) is 0 Å². The lowest BCUT2D eigenvalue weighted by Crippen LogP contribution is -2.52. The molecule has 0 aliphatic carbocycles. The van der Waals surface area contributed by atoms with Gasteiger partial charge in [0.1, 0.15) is 0 Å². The highest BCUT2D eigenvalue weighted by Crippen LogP contribution is 2.19. The minimum Gasteiger partial charge on any atom is -0.315 e. The van der Waals surface area contributed by atoms with E-state index in [1.54, 1.807) is 15.6 Å². The van der Waals surface area contributed by atoms with E-state index in [2.05, 4.69) is 17.0 Å². The van der Waals surface area contributed by atoms with Crippen molar-refractivity contribution in [1.29, 1.82) is 0 Å². The monoisotopic (exact) mass is 331 g/mol. The highest BCUT2D eigenvalue weighted by Gasteiger charge is 2.31. The molecule has 7 heteroatoms. The summed E-state index contributed by atoms with van der Waals surface area (Å²) in [6.07, 6.45) is 4.06. The van der Waals surface area contributed by atoms with Gasteiger partial charge in [-0.05, 0) is 48.2 Å². The van der Waals surface area contributed by atoms with E-state index in [0.29, 0.717) is 13.1 Å². The second-order valence-corrected chi connectivity index (χ2v) is 7.91. The molecule has 1 aliphatic rings. The maximum absolute atomic E-state index is 12.5. The fourth-order valence-corrected chi connectivity index (χ4v) is 4.72. The molecule has 1 atom stereocenters. The van der Waals surface area contributed by atoms with Crippen molar-refractivity contribution in [3.8, 4) is 0 Å². The minimum atomic E-state index is -3.40. The predicted octanol–water partition coefficient (Wildman–Crippen LogP) is 1.94. The Morgan fingerprint density at radius 3 is 3.00 bits per heavy atom. The first-order valence-corrected chi connectivity index (χ1v) is 10.00. The van der Waals surface area contributed by atoms with Crippen LogP contribution in [0.25, 0.3) is 0 Å². The van der Waals surface area contributed by atoms with Crippen LogP contribution in [0.3, 0.4) is 0 Å². The van der Waals surface area contributed by atoms with Gasteiger partial charge in [0.05, 0.1) is 0 Å². The zero-order valence-corrected chi connectivity index (χ0v) is 14.2. The summed E-state index contributed by atoms with van der Waals surface area (Å²) in [5.41, 5.74) is 1.02. The lowest BCUT2D eigenvalue weighted by molar-refractivity contribution is 0.243. The Labute approximate surface area is 131 Å². The molecule has 1 aromatic rings. The van der Waals surface area contributed by atoms with E-state index in [1.807, 2.05) is 16.8 Å². The molecule has 1 aliphatic heterocycles. The van der Waals surface area contributed by atoms with Gasteiger partial charge in [-0.25, -0.2) is 0 Å². The molecule has 1 aromatic heterocycles. The average molecular weight is 332 g/mol. The Hall–Kier alpha value is -0.470. The minimum absolute atomic E-state index is 0.0743. The molecule has 0 saturated carbocycles. The smallest absolute Gasteiger partial charge is 0.280 e. The molecule has 1 saturated heterocycles. The summed E-state index contributed by atoms with van der Waals surface area (Å²) in [5.74, 6) is 0. The summed E-state index contributed by atoms with van der Waals surface area (Å²) >= 11 is 1.58. The summed E-state index contributed by atoms with van der Waals surface area (Å²) in [6, 6.07) is 2.02. The number of rotatable bonds is 8. The standard InChI is InChI=1S/C14H25N3O2S2/c1-2-7-15-11-14-5-3-4-8-17(14)21(18,19)16-10-13-6-9-20-12-13/h6,9,12,14-16H,2-5,7-8,10-11H2,1H3. The summed E-state index contributed by atoms with van der Waals surface area (Å²) in [7, 11) is -3.40. The van der Waals surface area contributed by atoms with E-state index in [0.717, 1.165) is 44.3 Å². The van der Waals surface area contributed by atoms with Crippen molar-refractivity contribution in [3.63, 3.8) is 0 Å². The lowest BCUT2D eigenvalue weighted by atomic mass is 10.1. The Balaban J connectivity index is 1.94. The lowest BCUT2D eigenvalue weighted by Gasteiger charge is -2.34. The van der Waals surface area contributed by atoms with E-state index in [1.165, 1.54) is 0 Å². The number of hydrogen-bond donors (Lipinski definition) is 2. The SMILES string of the molecule is CCCNCC1CCCCN1S(=O)(=O)NCc1ccsc1. The fraction of sp³-hybridized carbons (Fsp3) is 0.714. The number of piperidine rings is 1. The van der Waals surface area contributed by atoms with Crippen LogP contribution in [0.15, 0.2) is 16.8 Å². The molecule has 1 unspecified atom stereocenters. The van der Waals surface area contributed by atoms with Gasteiger partial charge in [0.25, 0.3) is 10.2 Å². The Morgan fingerprint density at radius 1 is 1.43 bits per heavy atom. The van der Waals surface area contributed by atoms with Crippen LogP contribution in [0.1, 0.15) is 38.2 Å². The molecule has 120 valence electrons. The second kappa shape index (κ2) is 8.24. The zero-order valence-electron chi connectivity index (χ0n) is 12.5. The van der Waals surface area contributed by atoms with E-state index in [9.17, 15) is 8.42 Å². The van der Waals surface area contributed by atoms with Crippen LogP contribution in [0.5, 0.6) is 0 Å². The van der Waals surface area contributed by atoms with Crippen LogP contribution in [0, 0.1) is 0 Å². The number of nitrogens with zero attached hydrogens (tertiary/aromatic N) is 1. The van der Waals surface area contributed by atoms with Crippen LogP contribution < -0.4 is 10.0 Å². The third kappa shape index (κ3) is 5.03. The molecular weight excluding hydrogens is 306 g/mol. The van der Waals surface area contributed by atoms with Gasteiger partial charge in [0, 0.05) is 25.7 Å². The zero-order chi connectivity index (χ0) is 15.1. The van der Waals surface area contributed by atoms with Gasteiger partial charge in [0.15, 0.2) is 0 Å². The first-order chi connectivity index (χ1) is 10.1. The van der Waals surface area contributed by atoms with Crippen LogP contribution in [0.2, 0.25) is 0 Å². The van der Waals surface area contributed by atoms with Crippen molar-refractivity contribution >= 4 is 21.5 Å². The molecular formula is C14H25N3O2S2. The molecule has 2 N–H and O–H groups in total. The quantitative estimate of drug-likeness (QED) is 0.716. The molecule has 2 heterocycles. The molecule has 0 radical (unpaired) electrons. The van der Waals surface area contributed by atoms with Gasteiger partial charge in [-0.2, -0.15) is 28.8 Å². The van der Waals surface area contributed by atoms with Gasteiger partial charge in [-0.15, -0.1) is 0 Å². The third-order valence-electron chi connectivity index (χ3n) is 3.73. The Kier molecular flexibility index (Phi) is 6.63. The number of nitrogens with one attached hydrogen (secondary N) is 2. The second-order valence-electron chi connectivity index (χ2n) is 5.42. The van der Waals surface area contributed by atoms with Crippen molar-refractivity contribution in [1.82, 2.24) is 14.3 Å². The molecule has 0 bridgehead atoms. The van der Waals surface area contributed by atoms with Crippen molar-refractivity contribution < 1.29 is 8.42 Å². The molecule has 2 rings (SSSR count). The van der Waals surface area contributed by atoms with E-state index < -0.39 is 10.2 Å². The maximum atomic E-state index is 12.5. The van der Waals surface area contributed by atoms with Gasteiger partial charge in [-0.3, -0.25) is 0 Å². The van der Waals surface area contributed by atoms with Crippen LogP contribution in [-0.4, -0.2) is 38.4 Å². The first-order valence-electron chi connectivity index (χ1n) is 7.61. The Bertz CT molecular complexity index is 502. The normalized spacial score (nSPS) is 20.7. The van der Waals surface area contributed by atoms with Crippen LogP contribution in [-0.2, 0) is 16.8 Å². The predicted molar refractivity (Wildman–Crippen MR) is 87.6 cm³/mol. The molecule has 0 spiro atoms. The average Bonchev–Trinajstić information content (AvgIpc) is 2.99. The number of thiophene rings is 1. The van der Waals surface area contributed by atoms with E-state index >= 15 is 0 Å². The topological polar surface area (TPSA) is 61.4 Å². The summed E-state index contributed by atoms with van der Waals surface area (Å²) in [4.78, 5) is 0.